The summed E-state index contributed by atoms with van der Waals surface area (Å²) in [6.45, 7) is 15.0. The molecule has 1 aliphatic carbocycles. The van der Waals surface area contributed by atoms with Crippen LogP contribution in [0.15, 0.2) is 57.9 Å². The zero-order chi connectivity index (χ0) is 24.8. The average Bonchev–Trinajstić information content (AvgIpc) is 2.80. The molecule has 0 saturated heterocycles. The van der Waals surface area contributed by atoms with Gasteiger partial charge >= 0.3 is 0 Å². The highest BCUT2D eigenvalue weighted by molar-refractivity contribution is 7.21. The Kier molecular flexibility index (Phi) is 8.84. The SMILES string of the molecule is CC(C)=CCC/C(C)=C/CC/C(C)=C/COc1ccc2nc3c(C)c(C)c(=O)c(C)c-3sc2c1. The van der Waals surface area contributed by atoms with Crippen molar-refractivity contribution in [2.45, 2.75) is 74.1 Å². The van der Waals surface area contributed by atoms with E-state index in [0.717, 1.165) is 68.9 Å². The van der Waals surface area contributed by atoms with Gasteiger partial charge in [0, 0.05) is 11.1 Å². The largest absolute Gasteiger partial charge is 0.489 e. The third-order valence-electron chi connectivity index (χ3n) is 6.33. The molecular weight excluding hydrogens is 438 g/mol. The van der Waals surface area contributed by atoms with Crippen molar-refractivity contribution in [1.29, 1.82) is 0 Å². The Hall–Kier alpha value is -2.72. The number of nitrogens with zero attached hydrogens (tertiary/aromatic N) is 1. The molecule has 1 aromatic carbocycles. The van der Waals surface area contributed by atoms with Gasteiger partial charge in [0.15, 0.2) is 5.43 Å². The molecule has 0 N–H and O–H groups in total. The Morgan fingerprint density at radius 3 is 2.29 bits per heavy atom. The monoisotopic (exact) mass is 475 g/mol. The third-order valence-corrected chi connectivity index (χ3v) is 7.59. The van der Waals surface area contributed by atoms with Gasteiger partial charge in [-0.25, -0.2) is 4.98 Å². The molecule has 4 heteroatoms. The van der Waals surface area contributed by atoms with Gasteiger partial charge in [-0.05, 0) is 104 Å². The van der Waals surface area contributed by atoms with E-state index < -0.39 is 0 Å². The molecule has 1 aromatic rings. The lowest BCUT2D eigenvalue weighted by Crippen LogP contribution is -2.13. The first-order valence-corrected chi connectivity index (χ1v) is 12.9. The average molecular weight is 476 g/mol. The second-order valence-corrected chi connectivity index (χ2v) is 10.5. The van der Waals surface area contributed by atoms with Crippen molar-refractivity contribution in [2.24, 2.45) is 0 Å². The minimum atomic E-state index is 0.119. The van der Waals surface area contributed by atoms with Crippen LogP contribution < -0.4 is 10.2 Å². The van der Waals surface area contributed by atoms with Crippen molar-refractivity contribution in [1.82, 2.24) is 4.98 Å². The second-order valence-electron chi connectivity index (χ2n) is 9.50. The van der Waals surface area contributed by atoms with Gasteiger partial charge in [0.05, 0.1) is 20.8 Å². The van der Waals surface area contributed by atoms with Gasteiger partial charge in [-0.15, -0.1) is 11.3 Å². The van der Waals surface area contributed by atoms with E-state index in [1.165, 1.54) is 16.7 Å². The van der Waals surface area contributed by atoms with E-state index in [9.17, 15) is 4.79 Å². The fraction of sp³-hybridized carbons (Fsp3) is 0.400. The lowest BCUT2D eigenvalue weighted by Gasteiger charge is -2.14. The zero-order valence-electron chi connectivity index (χ0n) is 21.7. The number of rotatable bonds is 9. The Bertz CT molecular complexity index is 1290. The van der Waals surface area contributed by atoms with Crippen LogP contribution in [0.3, 0.4) is 0 Å². The minimum absolute atomic E-state index is 0.119. The summed E-state index contributed by atoms with van der Waals surface area (Å²) in [5, 5.41) is 0. The molecule has 0 amide bonds. The van der Waals surface area contributed by atoms with Gasteiger partial charge in [-0.3, -0.25) is 4.79 Å². The van der Waals surface area contributed by atoms with Crippen molar-refractivity contribution >= 4 is 21.6 Å². The zero-order valence-corrected chi connectivity index (χ0v) is 22.5. The molecule has 1 aliphatic heterocycles. The summed E-state index contributed by atoms with van der Waals surface area (Å²) < 4.78 is 7.05. The number of benzene rings is 2. The van der Waals surface area contributed by atoms with Crippen LogP contribution in [0.25, 0.3) is 20.8 Å². The first kappa shape index (κ1) is 25.9. The molecule has 34 heavy (non-hydrogen) atoms. The molecule has 0 spiro atoms. The van der Waals surface area contributed by atoms with E-state index in [2.05, 4.69) is 45.9 Å². The molecule has 3 rings (SSSR count). The molecule has 3 nitrogen and oxygen atoms in total. The van der Waals surface area contributed by atoms with Crippen LogP contribution in [-0.4, -0.2) is 11.6 Å². The summed E-state index contributed by atoms with van der Waals surface area (Å²) in [5.74, 6) is 0.827. The van der Waals surface area contributed by atoms with Crippen molar-refractivity contribution in [3.05, 3.63) is 80.1 Å². The Morgan fingerprint density at radius 1 is 0.912 bits per heavy atom. The molecule has 0 fully saturated rings. The molecule has 180 valence electrons. The maximum atomic E-state index is 12.5. The van der Waals surface area contributed by atoms with Crippen LogP contribution in [0, 0.1) is 20.8 Å². The number of aromatic nitrogens is 1. The van der Waals surface area contributed by atoms with Crippen LogP contribution in [0.2, 0.25) is 0 Å². The molecule has 0 bridgehead atoms. The lowest BCUT2D eigenvalue weighted by atomic mass is 10.0. The van der Waals surface area contributed by atoms with Crippen molar-refractivity contribution in [3.63, 3.8) is 0 Å². The van der Waals surface area contributed by atoms with E-state index in [0.29, 0.717) is 6.61 Å². The third kappa shape index (κ3) is 6.44. The molecule has 1 heterocycles. The molecule has 0 saturated carbocycles. The quantitative estimate of drug-likeness (QED) is 0.230. The first-order valence-electron chi connectivity index (χ1n) is 12.1. The van der Waals surface area contributed by atoms with Gasteiger partial charge in [0.1, 0.15) is 12.4 Å². The smallest absolute Gasteiger partial charge is 0.186 e. The number of ether oxygens (including phenoxy) is 1. The fourth-order valence-electron chi connectivity index (χ4n) is 3.95. The summed E-state index contributed by atoms with van der Waals surface area (Å²) in [4.78, 5) is 18.4. The number of allylic oxidation sites excluding steroid dienone is 5. The Balaban J connectivity index is 1.64. The van der Waals surface area contributed by atoms with Crippen LogP contribution in [0.1, 0.15) is 70.1 Å². The standard InChI is InChI=1S/C30H37NO2S/c1-19(2)10-8-11-20(3)12-9-13-21(4)16-17-33-25-14-15-26-27(18-25)34-30-24(7)29(32)23(6)22(5)28(30)31-26/h10,12,14-16,18H,8-9,11,13,17H2,1-7H3/b20-12+,21-16+. The van der Waals surface area contributed by atoms with Crippen molar-refractivity contribution in [2.75, 3.05) is 6.61 Å². The van der Waals surface area contributed by atoms with Crippen LogP contribution in [0.5, 0.6) is 5.75 Å². The highest BCUT2D eigenvalue weighted by Gasteiger charge is 2.18. The predicted octanol–water partition coefficient (Wildman–Crippen LogP) is 8.48. The predicted molar refractivity (Wildman–Crippen MR) is 148 cm³/mol. The van der Waals surface area contributed by atoms with E-state index in [1.807, 2.05) is 39.0 Å². The molecule has 0 radical (unpaired) electrons. The Morgan fingerprint density at radius 2 is 1.59 bits per heavy atom. The van der Waals surface area contributed by atoms with Crippen LogP contribution in [-0.2, 0) is 0 Å². The maximum absolute atomic E-state index is 12.5. The van der Waals surface area contributed by atoms with E-state index in [4.69, 9.17) is 9.72 Å². The van der Waals surface area contributed by atoms with Gasteiger partial charge in [-0.1, -0.05) is 28.9 Å². The fourth-order valence-corrected chi connectivity index (χ4v) is 5.10. The van der Waals surface area contributed by atoms with Crippen molar-refractivity contribution in [3.8, 4) is 16.3 Å². The number of hydrogen-bond acceptors (Lipinski definition) is 4. The summed E-state index contributed by atoms with van der Waals surface area (Å²) in [6, 6.07) is 6.02. The first-order chi connectivity index (χ1) is 16.2. The molecular formula is C30H37NO2S. The van der Waals surface area contributed by atoms with Crippen LogP contribution in [0.4, 0.5) is 0 Å². The summed E-state index contributed by atoms with van der Waals surface area (Å²) in [5.41, 5.74) is 8.73. The van der Waals surface area contributed by atoms with Gasteiger partial charge in [0.2, 0.25) is 0 Å². The van der Waals surface area contributed by atoms with E-state index >= 15 is 0 Å². The molecule has 0 aromatic heterocycles. The summed E-state index contributed by atoms with van der Waals surface area (Å²) in [7, 11) is 0. The maximum Gasteiger partial charge on any atom is 0.186 e. The molecule has 2 aliphatic rings. The number of fused-ring (bicyclic) bond motifs is 2. The van der Waals surface area contributed by atoms with Gasteiger partial charge in [0.25, 0.3) is 0 Å². The molecule has 0 unspecified atom stereocenters. The van der Waals surface area contributed by atoms with Crippen molar-refractivity contribution < 1.29 is 4.74 Å². The highest BCUT2D eigenvalue weighted by Crippen LogP contribution is 2.36. The topological polar surface area (TPSA) is 39.2 Å². The Labute approximate surface area is 208 Å². The number of hydrogen-bond donors (Lipinski definition) is 0. The summed E-state index contributed by atoms with van der Waals surface area (Å²) in [6.07, 6.45) is 11.2. The summed E-state index contributed by atoms with van der Waals surface area (Å²) >= 11 is 1.62. The van der Waals surface area contributed by atoms with E-state index in [-0.39, 0.29) is 5.43 Å². The highest BCUT2D eigenvalue weighted by atomic mass is 32.1. The van der Waals surface area contributed by atoms with Gasteiger partial charge in [-0.2, -0.15) is 0 Å². The van der Waals surface area contributed by atoms with Crippen LogP contribution >= 0.6 is 11.3 Å². The second kappa shape index (κ2) is 11.6. The minimum Gasteiger partial charge on any atom is -0.489 e. The van der Waals surface area contributed by atoms with E-state index in [1.54, 1.807) is 11.3 Å². The lowest BCUT2D eigenvalue weighted by molar-refractivity contribution is 0.362. The normalized spacial score (nSPS) is 12.4. The molecule has 0 atom stereocenters. The van der Waals surface area contributed by atoms with Gasteiger partial charge < -0.3 is 4.74 Å².